The number of amides is 1. The summed E-state index contributed by atoms with van der Waals surface area (Å²) in [6, 6.07) is 5.26. The molecule has 0 bridgehead atoms. The van der Waals surface area contributed by atoms with E-state index in [1.165, 1.54) is 38.7 Å². The lowest BCUT2D eigenvalue weighted by atomic mass is 10.2. The van der Waals surface area contributed by atoms with Crippen LogP contribution in [0.25, 0.3) is 5.69 Å². The van der Waals surface area contributed by atoms with Gasteiger partial charge in [0.2, 0.25) is 0 Å². The number of carbonyl (C=O) groups is 1. The number of carbonyl (C=O) groups excluding carboxylic acids is 1. The Morgan fingerprint density at radius 3 is 2.21 bits per heavy atom. The third-order valence-electron chi connectivity index (χ3n) is 6.60. The van der Waals surface area contributed by atoms with Crippen molar-refractivity contribution >= 4 is 34.7 Å². The first-order valence-corrected chi connectivity index (χ1v) is 12.3. The molecule has 2 aliphatic heterocycles. The Kier molecular flexibility index (Phi) is 6.97. The Balaban J connectivity index is 1.34. The third kappa shape index (κ3) is 4.66. The second kappa shape index (κ2) is 10.4. The van der Waals surface area contributed by atoms with E-state index in [2.05, 4.69) is 4.98 Å². The number of fused-ring (bicyclic) bond motifs is 1. The van der Waals surface area contributed by atoms with Crippen LogP contribution in [-0.2, 0) is 22.6 Å². The van der Waals surface area contributed by atoms with Gasteiger partial charge in [0.15, 0.2) is 16.7 Å². The van der Waals surface area contributed by atoms with Crippen LogP contribution in [0.2, 0.25) is 0 Å². The fraction of sp³-hybridized carbons (Fsp3) is 0.375. The molecule has 14 heteroatoms. The van der Waals surface area contributed by atoms with E-state index >= 15 is 8.78 Å². The topological polar surface area (TPSA) is 104 Å². The summed E-state index contributed by atoms with van der Waals surface area (Å²) in [6.45, 7) is 0.363. The third-order valence-corrected chi connectivity index (χ3v) is 6.97. The van der Waals surface area contributed by atoms with Gasteiger partial charge in [-0.15, -0.1) is 0 Å². The summed E-state index contributed by atoms with van der Waals surface area (Å²) in [5.41, 5.74) is -0.975. The number of aromatic nitrogens is 4. The van der Waals surface area contributed by atoms with Crippen molar-refractivity contribution in [2.24, 2.45) is 0 Å². The molecule has 1 saturated heterocycles. The van der Waals surface area contributed by atoms with E-state index in [0.717, 1.165) is 16.7 Å². The summed E-state index contributed by atoms with van der Waals surface area (Å²) in [5.74, 6) is -1.74. The van der Waals surface area contributed by atoms with Crippen molar-refractivity contribution in [3.8, 4) is 5.69 Å². The first-order chi connectivity index (χ1) is 18.3. The number of cyclic esters (lactones) is 1. The van der Waals surface area contributed by atoms with Gasteiger partial charge >= 0.3 is 17.5 Å². The normalized spacial score (nSPS) is 17.2. The molecule has 1 atom stereocenters. The molecule has 0 unspecified atom stereocenters. The number of hydrogen-bond acceptors (Lipinski definition) is 8. The summed E-state index contributed by atoms with van der Waals surface area (Å²) >= 11 is 5.00. The minimum absolute atomic E-state index is 0.0307. The summed E-state index contributed by atoms with van der Waals surface area (Å²) in [5, 5.41) is 0.378. The largest absolute Gasteiger partial charge is 0.490 e. The van der Waals surface area contributed by atoms with Crippen molar-refractivity contribution in [1.29, 1.82) is 0 Å². The molecule has 1 aromatic carbocycles. The molecule has 3 aromatic rings. The minimum Gasteiger partial charge on any atom is -0.490 e. The quantitative estimate of drug-likeness (QED) is 0.433. The number of halogens is 2. The summed E-state index contributed by atoms with van der Waals surface area (Å²) in [4.78, 5) is 44.8. The van der Waals surface area contributed by atoms with Crippen molar-refractivity contribution in [3.05, 3.63) is 69.3 Å². The smallest absolute Gasteiger partial charge is 0.414 e. The number of benzene rings is 1. The second-order valence-electron chi connectivity index (χ2n) is 8.83. The average molecular weight is 547 g/mol. The summed E-state index contributed by atoms with van der Waals surface area (Å²) in [7, 11) is 1.46. The van der Waals surface area contributed by atoms with Crippen LogP contribution in [0.5, 0.6) is 0 Å². The first kappa shape index (κ1) is 25.6. The van der Waals surface area contributed by atoms with Crippen LogP contribution < -0.4 is 21.2 Å². The molecule has 0 N–H and O–H groups in total. The molecule has 38 heavy (non-hydrogen) atoms. The van der Waals surface area contributed by atoms with E-state index in [1.807, 2.05) is 0 Å². The Bertz CT molecular complexity index is 1440. The molecule has 0 spiro atoms. The fourth-order valence-corrected chi connectivity index (χ4v) is 4.82. The number of pyridine rings is 1. The molecule has 2 aliphatic rings. The van der Waals surface area contributed by atoms with Gasteiger partial charge in [0, 0.05) is 44.0 Å². The van der Waals surface area contributed by atoms with Crippen LogP contribution in [0.1, 0.15) is 12.8 Å². The Hall–Kier alpha value is -4.07. The number of thiocarbonyl (C=S) groups is 1. The maximum atomic E-state index is 15.3. The highest BCUT2D eigenvalue weighted by atomic mass is 32.1. The van der Waals surface area contributed by atoms with Crippen LogP contribution in [0.4, 0.5) is 25.0 Å². The molecule has 200 valence electrons. The SMILES string of the molecule is COC(=S)CC[C@H]1CN(c2cc(F)c(N3CCn4c(=O)n(-c5ccncc5)c(=O)n4CC3)c(F)c2)C(=O)O1. The standard InChI is InChI=1S/C24H24F2N6O5S/c1-36-20(38)3-2-17-14-29(24(35)37-17)16-12-18(25)21(19(26)13-16)28-8-10-30-22(33)32(15-4-6-27-7-5-15)23(34)31(30)11-9-28/h4-7,12-13,17H,2-3,8-11,14H2,1H3/t17-/m0/s1. The zero-order chi connectivity index (χ0) is 27.0. The van der Waals surface area contributed by atoms with E-state index in [-0.39, 0.29) is 44.1 Å². The van der Waals surface area contributed by atoms with Gasteiger partial charge in [-0.25, -0.2) is 37.1 Å². The molecule has 2 aromatic heterocycles. The monoisotopic (exact) mass is 546 g/mol. The Labute approximate surface area is 220 Å². The summed E-state index contributed by atoms with van der Waals surface area (Å²) < 4.78 is 44.3. The molecular weight excluding hydrogens is 522 g/mol. The maximum absolute atomic E-state index is 15.3. The van der Waals surface area contributed by atoms with E-state index in [1.54, 1.807) is 12.1 Å². The van der Waals surface area contributed by atoms with Crippen LogP contribution in [0.3, 0.4) is 0 Å². The number of anilines is 2. The highest BCUT2D eigenvalue weighted by molar-refractivity contribution is 7.80. The number of methoxy groups -OCH3 is 1. The van der Waals surface area contributed by atoms with E-state index in [9.17, 15) is 14.4 Å². The van der Waals surface area contributed by atoms with Crippen LogP contribution in [-0.4, -0.2) is 62.9 Å². The van der Waals surface area contributed by atoms with Gasteiger partial charge in [-0.2, -0.15) is 0 Å². The van der Waals surface area contributed by atoms with Crippen LogP contribution in [0, 0.1) is 11.6 Å². The number of ether oxygens (including phenoxy) is 2. The van der Waals surface area contributed by atoms with Crippen molar-refractivity contribution in [1.82, 2.24) is 18.9 Å². The molecule has 5 rings (SSSR count). The Morgan fingerprint density at radius 2 is 1.63 bits per heavy atom. The minimum atomic E-state index is -0.870. The van der Waals surface area contributed by atoms with Gasteiger partial charge in [0.1, 0.15) is 11.8 Å². The maximum Gasteiger partial charge on any atom is 0.414 e. The van der Waals surface area contributed by atoms with Gasteiger partial charge in [-0.3, -0.25) is 9.88 Å². The number of rotatable bonds is 6. The van der Waals surface area contributed by atoms with Crippen molar-refractivity contribution in [3.63, 3.8) is 0 Å². The predicted octanol–water partition coefficient (Wildman–Crippen LogP) is 2.07. The molecular formula is C24H24F2N6O5S. The van der Waals surface area contributed by atoms with E-state index in [0.29, 0.717) is 23.6 Å². The zero-order valence-electron chi connectivity index (χ0n) is 20.4. The van der Waals surface area contributed by atoms with Gasteiger partial charge in [-0.1, -0.05) is 0 Å². The van der Waals surface area contributed by atoms with Gasteiger partial charge in [-0.05, 0) is 30.8 Å². The van der Waals surface area contributed by atoms with Crippen molar-refractivity contribution in [2.75, 3.05) is 36.5 Å². The van der Waals surface area contributed by atoms with Crippen molar-refractivity contribution < 1.29 is 23.0 Å². The molecule has 1 amide bonds. The van der Waals surface area contributed by atoms with Gasteiger partial charge < -0.3 is 14.4 Å². The predicted molar refractivity (Wildman–Crippen MR) is 137 cm³/mol. The number of hydrogen-bond donors (Lipinski definition) is 0. The van der Waals surface area contributed by atoms with Crippen LogP contribution in [0.15, 0.2) is 46.2 Å². The first-order valence-electron chi connectivity index (χ1n) is 11.9. The van der Waals surface area contributed by atoms with Gasteiger partial charge in [0.25, 0.3) is 0 Å². The van der Waals surface area contributed by atoms with Crippen LogP contribution >= 0.6 is 12.2 Å². The highest BCUT2D eigenvalue weighted by Gasteiger charge is 2.34. The Morgan fingerprint density at radius 1 is 1.03 bits per heavy atom. The highest BCUT2D eigenvalue weighted by Crippen LogP contribution is 2.32. The lowest BCUT2D eigenvalue weighted by Gasteiger charge is -2.24. The van der Waals surface area contributed by atoms with Gasteiger partial charge in [0.05, 0.1) is 38.1 Å². The fourth-order valence-electron chi connectivity index (χ4n) is 4.71. The van der Waals surface area contributed by atoms with Crippen molar-refractivity contribution in [2.45, 2.75) is 32.0 Å². The number of nitrogens with zero attached hydrogens (tertiary/aromatic N) is 6. The lowest BCUT2D eigenvalue weighted by molar-refractivity contribution is 0.137. The van der Waals surface area contributed by atoms with E-state index in [4.69, 9.17) is 21.7 Å². The molecule has 0 saturated carbocycles. The summed E-state index contributed by atoms with van der Waals surface area (Å²) in [6.07, 6.45) is 2.59. The molecule has 0 aliphatic carbocycles. The molecule has 0 radical (unpaired) electrons. The average Bonchev–Trinajstić information content (AvgIpc) is 3.28. The lowest BCUT2D eigenvalue weighted by Crippen LogP contribution is -2.33. The van der Waals surface area contributed by atoms with E-state index < -0.39 is 35.2 Å². The second-order valence-corrected chi connectivity index (χ2v) is 9.28. The molecule has 1 fully saturated rings. The molecule has 11 nitrogen and oxygen atoms in total. The molecule has 4 heterocycles. The zero-order valence-corrected chi connectivity index (χ0v) is 21.2.